The van der Waals surface area contributed by atoms with Crippen molar-refractivity contribution < 1.29 is 4.79 Å². The van der Waals surface area contributed by atoms with Crippen LogP contribution in [-0.4, -0.2) is 13.9 Å². The topological polar surface area (TPSA) is 17.1 Å². The van der Waals surface area contributed by atoms with Gasteiger partial charge in [0.1, 0.15) is 0 Å². The first-order valence-electron chi connectivity index (χ1n) is 3.68. The molecule has 0 aromatic rings. The fourth-order valence-electron chi connectivity index (χ4n) is 0.461. The summed E-state index contributed by atoms with van der Waals surface area (Å²) in [6.45, 7) is 8.53. The van der Waals surface area contributed by atoms with Gasteiger partial charge in [0, 0.05) is 6.42 Å². The van der Waals surface area contributed by atoms with Crippen molar-refractivity contribution in [3.8, 4) is 0 Å². The maximum atomic E-state index is 10.8. The van der Waals surface area contributed by atoms with E-state index in [1.807, 2.05) is 6.92 Å². The number of hydrogen-bond acceptors (Lipinski definition) is 1. The monoisotopic (exact) mass is 156 g/mol. The molecule has 0 atom stereocenters. The molecule has 0 rings (SSSR count). The molecule has 0 unspecified atom stereocenters. The summed E-state index contributed by atoms with van der Waals surface area (Å²) in [6.07, 6.45) is 2.35. The minimum absolute atomic E-state index is 0.238. The summed E-state index contributed by atoms with van der Waals surface area (Å²) in [5.41, 5.74) is 2.08. The highest BCUT2D eigenvalue weighted by Crippen LogP contribution is 2.01. The van der Waals surface area contributed by atoms with Crippen molar-refractivity contribution in [1.29, 1.82) is 0 Å². The Kier molecular flexibility index (Phi) is 3.57. The second-order valence-electron chi connectivity index (χ2n) is 3.52. The lowest BCUT2D eigenvalue weighted by Crippen LogP contribution is -2.16. The van der Waals surface area contributed by atoms with Gasteiger partial charge in [-0.2, -0.15) is 0 Å². The first-order chi connectivity index (χ1) is 4.45. The Morgan fingerprint density at radius 1 is 1.40 bits per heavy atom. The van der Waals surface area contributed by atoms with E-state index in [9.17, 15) is 4.79 Å². The maximum absolute atomic E-state index is 10.8. The molecule has 0 bridgehead atoms. The van der Waals surface area contributed by atoms with Crippen LogP contribution in [-0.2, 0) is 4.79 Å². The van der Waals surface area contributed by atoms with Gasteiger partial charge in [-0.1, -0.05) is 32.3 Å². The fourth-order valence-corrected chi connectivity index (χ4v) is 1.15. The Morgan fingerprint density at radius 3 is 2.20 bits per heavy atom. The summed E-state index contributed by atoms with van der Waals surface area (Å²) in [4.78, 5) is 10.8. The highest BCUT2D eigenvalue weighted by atomic mass is 28.3. The number of rotatable bonds is 3. The number of carbonyl (C=O) groups is 1. The summed E-state index contributed by atoms with van der Waals surface area (Å²) in [6, 6.07) is 0. The van der Waals surface area contributed by atoms with Crippen molar-refractivity contribution in [2.45, 2.75) is 33.0 Å². The van der Waals surface area contributed by atoms with Crippen LogP contribution in [0, 0.1) is 0 Å². The second kappa shape index (κ2) is 3.71. The van der Waals surface area contributed by atoms with Crippen LogP contribution in [0.1, 0.15) is 13.3 Å². The third-order valence-corrected chi connectivity index (χ3v) is 2.28. The molecule has 0 heterocycles. The number of ketones is 1. The van der Waals surface area contributed by atoms with E-state index in [1.54, 1.807) is 6.08 Å². The summed E-state index contributed by atoms with van der Waals surface area (Å²) in [7, 11) is -1.14. The molecule has 0 aliphatic rings. The van der Waals surface area contributed by atoms with E-state index in [0.29, 0.717) is 6.42 Å². The lowest BCUT2D eigenvalue weighted by molar-refractivity contribution is -0.114. The Morgan fingerprint density at radius 2 is 1.90 bits per heavy atom. The quantitative estimate of drug-likeness (QED) is 0.453. The summed E-state index contributed by atoms with van der Waals surface area (Å²) in [5, 5.41) is 0. The summed E-state index contributed by atoms with van der Waals surface area (Å²) in [5.74, 6) is 0.238. The van der Waals surface area contributed by atoms with E-state index in [1.165, 1.54) is 0 Å². The molecule has 10 heavy (non-hydrogen) atoms. The van der Waals surface area contributed by atoms with E-state index in [4.69, 9.17) is 0 Å². The van der Waals surface area contributed by atoms with Gasteiger partial charge < -0.3 is 0 Å². The molecule has 1 nitrogen and oxygen atoms in total. The average molecular weight is 156 g/mol. The van der Waals surface area contributed by atoms with Gasteiger partial charge in [-0.3, -0.25) is 4.79 Å². The molecule has 0 spiro atoms. The van der Waals surface area contributed by atoms with E-state index < -0.39 is 8.07 Å². The van der Waals surface area contributed by atoms with Crippen LogP contribution < -0.4 is 0 Å². The highest BCUT2D eigenvalue weighted by molar-refractivity contribution is 6.81. The van der Waals surface area contributed by atoms with Gasteiger partial charge in [0.15, 0.2) is 5.78 Å². The molecule has 0 saturated heterocycles. The van der Waals surface area contributed by atoms with E-state index in [0.717, 1.165) is 0 Å². The van der Waals surface area contributed by atoms with Gasteiger partial charge in [0.25, 0.3) is 0 Å². The smallest absolute Gasteiger partial charge is 0.154 e. The zero-order valence-corrected chi connectivity index (χ0v) is 8.27. The number of hydrogen-bond donors (Lipinski definition) is 0. The Hall–Kier alpha value is -0.373. The molecular weight excluding hydrogens is 140 g/mol. The van der Waals surface area contributed by atoms with Gasteiger partial charge >= 0.3 is 0 Å². The highest BCUT2D eigenvalue weighted by Gasteiger charge is 2.07. The van der Waals surface area contributed by atoms with Crippen LogP contribution in [0.5, 0.6) is 0 Å². The van der Waals surface area contributed by atoms with Crippen LogP contribution in [0.15, 0.2) is 11.8 Å². The number of carbonyl (C=O) groups excluding carboxylic acids is 1. The van der Waals surface area contributed by atoms with Crippen molar-refractivity contribution in [2.24, 2.45) is 0 Å². The summed E-state index contributed by atoms with van der Waals surface area (Å²) < 4.78 is 0. The first-order valence-corrected chi connectivity index (χ1v) is 7.25. The van der Waals surface area contributed by atoms with Crippen LogP contribution in [0.25, 0.3) is 0 Å². The largest absolute Gasteiger partial charge is 0.295 e. The minimum Gasteiger partial charge on any atom is -0.295 e. The summed E-state index contributed by atoms with van der Waals surface area (Å²) >= 11 is 0. The minimum atomic E-state index is -1.14. The van der Waals surface area contributed by atoms with Crippen molar-refractivity contribution in [3.63, 3.8) is 0 Å². The third kappa shape index (κ3) is 5.76. The van der Waals surface area contributed by atoms with Crippen LogP contribution >= 0.6 is 0 Å². The molecular formula is C8H16OSi. The molecule has 0 aromatic heterocycles. The zero-order chi connectivity index (χ0) is 8.20. The van der Waals surface area contributed by atoms with Crippen LogP contribution in [0.3, 0.4) is 0 Å². The van der Waals surface area contributed by atoms with Crippen LogP contribution in [0.2, 0.25) is 19.6 Å². The maximum Gasteiger partial charge on any atom is 0.154 e. The first kappa shape index (κ1) is 9.63. The van der Waals surface area contributed by atoms with Gasteiger partial charge in [-0.05, 0) is 6.08 Å². The van der Waals surface area contributed by atoms with E-state index in [-0.39, 0.29) is 5.78 Å². The van der Waals surface area contributed by atoms with Gasteiger partial charge in [-0.25, -0.2) is 0 Å². The fraction of sp³-hybridized carbons (Fsp3) is 0.625. The van der Waals surface area contributed by atoms with Gasteiger partial charge in [-0.15, -0.1) is 0 Å². The molecule has 0 radical (unpaired) electrons. The van der Waals surface area contributed by atoms with E-state index in [2.05, 4.69) is 25.3 Å². The lowest BCUT2D eigenvalue weighted by atomic mass is 10.3. The molecule has 0 amide bonds. The van der Waals surface area contributed by atoms with Crippen molar-refractivity contribution in [2.75, 3.05) is 0 Å². The standard InChI is InChI=1S/C8H16OSi/c1-5-8(9)6-7-10(2,3)4/h6-7H,5H2,1-4H3/b7-6+. The molecule has 0 N–H and O–H groups in total. The lowest BCUT2D eigenvalue weighted by Gasteiger charge is -2.06. The SMILES string of the molecule is CCC(=O)/C=C/[Si](C)(C)C. The molecule has 0 fully saturated rings. The second-order valence-corrected chi connectivity index (χ2v) is 8.58. The zero-order valence-electron chi connectivity index (χ0n) is 7.27. The molecule has 0 aliphatic heterocycles. The molecule has 0 aliphatic carbocycles. The predicted octanol–water partition coefficient (Wildman–Crippen LogP) is 2.40. The number of allylic oxidation sites excluding steroid dienone is 1. The Bertz CT molecular complexity index is 142. The average Bonchev–Trinajstić information content (AvgIpc) is 1.81. The molecule has 0 aromatic carbocycles. The van der Waals surface area contributed by atoms with Crippen LogP contribution in [0.4, 0.5) is 0 Å². The van der Waals surface area contributed by atoms with Crippen molar-refractivity contribution in [1.82, 2.24) is 0 Å². The Balaban J connectivity index is 3.88. The van der Waals surface area contributed by atoms with Gasteiger partial charge in [0.05, 0.1) is 8.07 Å². The van der Waals surface area contributed by atoms with Crippen molar-refractivity contribution in [3.05, 3.63) is 11.8 Å². The third-order valence-electron chi connectivity index (χ3n) is 1.12. The molecule has 2 heteroatoms. The van der Waals surface area contributed by atoms with Gasteiger partial charge in [0.2, 0.25) is 0 Å². The predicted molar refractivity (Wildman–Crippen MR) is 47.8 cm³/mol. The Labute approximate surface area is 64.1 Å². The molecule has 0 saturated carbocycles. The normalized spacial score (nSPS) is 12.4. The van der Waals surface area contributed by atoms with E-state index >= 15 is 0 Å². The molecule has 58 valence electrons. The van der Waals surface area contributed by atoms with Crippen molar-refractivity contribution >= 4 is 13.9 Å².